The van der Waals surface area contributed by atoms with Crippen LogP contribution < -0.4 is 5.32 Å². The zero-order valence-electron chi connectivity index (χ0n) is 10.4. The fourth-order valence-corrected chi connectivity index (χ4v) is 2.91. The van der Waals surface area contributed by atoms with Crippen molar-refractivity contribution in [1.29, 1.82) is 0 Å². The number of aromatic nitrogens is 2. The van der Waals surface area contributed by atoms with Gasteiger partial charge in [-0.1, -0.05) is 0 Å². The Morgan fingerprint density at radius 1 is 1.50 bits per heavy atom. The second-order valence-corrected chi connectivity index (χ2v) is 6.66. The van der Waals surface area contributed by atoms with Gasteiger partial charge < -0.3 is 5.32 Å². The number of halogens is 4. The Balaban J connectivity index is 2.95. The Morgan fingerprint density at radius 3 is 2.50 bits per heavy atom. The average Bonchev–Trinajstić information content (AvgIpc) is 2.55. The molecule has 0 aliphatic heterocycles. The SMILES string of the molecule is Cc1[nH]nc(C(=O)NC(C)CC(F)(F)F)c1S(=O)(=O)Cl. The third-order valence-electron chi connectivity index (χ3n) is 2.27. The topological polar surface area (TPSA) is 91.9 Å². The minimum Gasteiger partial charge on any atom is -0.348 e. The standard InChI is InChI=1S/C9H11ClF3N3O3S/c1-4(3-9(11,12)13)14-8(17)6-7(20(10,18)19)5(2)15-16-6/h4H,3H2,1-2H3,(H,14,17)(H,15,16). The minimum absolute atomic E-state index is 0.0219. The molecule has 1 unspecified atom stereocenters. The van der Waals surface area contributed by atoms with Gasteiger partial charge in [0, 0.05) is 16.7 Å². The largest absolute Gasteiger partial charge is 0.391 e. The summed E-state index contributed by atoms with van der Waals surface area (Å²) in [5.74, 6) is -1.05. The van der Waals surface area contributed by atoms with E-state index in [1.807, 2.05) is 5.32 Å². The summed E-state index contributed by atoms with van der Waals surface area (Å²) in [6.07, 6.45) is -5.69. The highest BCUT2D eigenvalue weighted by molar-refractivity contribution is 8.13. The molecule has 0 aromatic carbocycles. The van der Waals surface area contributed by atoms with Gasteiger partial charge in [0.05, 0.1) is 12.1 Å². The maximum atomic E-state index is 12.1. The van der Waals surface area contributed by atoms with E-state index in [4.69, 9.17) is 10.7 Å². The molecule has 0 spiro atoms. The normalized spacial score (nSPS) is 14.1. The molecule has 1 atom stereocenters. The highest BCUT2D eigenvalue weighted by Crippen LogP contribution is 2.23. The smallest absolute Gasteiger partial charge is 0.348 e. The first-order chi connectivity index (χ1) is 8.92. The van der Waals surface area contributed by atoms with Crippen LogP contribution in [0.15, 0.2) is 4.90 Å². The van der Waals surface area contributed by atoms with Crippen molar-refractivity contribution in [2.24, 2.45) is 0 Å². The zero-order chi connectivity index (χ0) is 15.7. The van der Waals surface area contributed by atoms with Gasteiger partial charge in [-0.15, -0.1) is 0 Å². The predicted octanol–water partition coefficient (Wildman–Crippen LogP) is 1.72. The molecular weight excluding hydrogens is 323 g/mol. The lowest BCUT2D eigenvalue weighted by atomic mass is 10.2. The third-order valence-corrected chi connectivity index (χ3v) is 3.72. The second kappa shape index (κ2) is 5.60. The van der Waals surface area contributed by atoms with Crippen molar-refractivity contribution in [3.63, 3.8) is 0 Å². The van der Waals surface area contributed by atoms with Crippen molar-refractivity contribution >= 4 is 25.6 Å². The van der Waals surface area contributed by atoms with Crippen LogP contribution in [-0.4, -0.2) is 36.7 Å². The van der Waals surface area contributed by atoms with Gasteiger partial charge >= 0.3 is 6.18 Å². The average molecular weight is 334 g/mol. The molecule has 1 aromatic rings. The monoisotopic (exact) mass is 333 g/mol. The van der Waals surface area contributed by atoms with E-state index < -0.39 is 44.2 Å². The van der Waals surface area contributed by atoms with Crippen LogP contribution in [0.2, 0.25) is 0 Å². The summed E-state index contributed by atoms with van der Waals surface area (Å²) in [6, 6.07) is -1.23. The molecule has 0 saturated carbocycles. The fourth-order valence-electron chi connectivity index (χ4n) is 1.56. The van der Waals surface area contributed by atoms with E-state index >= 15 is 0 Å². The van der Waals surface area contributed by atoms with Gasteiger partial charge in [-0.05, 0) is 13.8 Å². The Morgan fingerprint density at radius 2 is 2.05 bits per heavy atom. The molecule has 0 bridgehead atoms. The van der Waals surface area contributed by atoms with Gasteiger partial charge in [0.2, 0.25) is 0 Å². The van der Waals surface area contributed by atoms with Gasteiger partial charge in [0.15, 0.2) is 5.69 Å². The van der Waals surface area contributed by atoms with Crippen LogP contribution in [0.1, 0.15) is 29.5 Å². The summed E-state index contributed by atoms with van der Waals surface area (Å²) >= 11 is 0. The Bertz CT molecular complexity index is 612. The number of nitrogens with zero attached hydrogens (tertiary/aromatic N) is 1. The third kappa shape index (κ3) is 4.37. The number of amides is 1. The highest BCUT2D eigenvalue weighted by Gasteiger charge is 2.32. The molecule has 2 N–H and O–H groups in total. The number of hydrogen-bond donors (Lipinski definition) is 2. The number of alkyl halides is 3. The first-order valence-corrected chi connectivity index (χ1v) is 7.60. The first-order valence-electron chi connectivity index (χ1n) is 5.29. The van der Waals surface area contributed by atoms with Crippen LogP contribution in [-0.2, 0) is 9.05 Å². The number of carbonyl (C=O) groups excluding carboxylic acids is 1. The van der Waals surface area contributed by atoms with Gasteiger partial charge in [-0.3, -0.25) is 9.89 Å². The van der Waals surface area contributed by atoms with Gasteiger partial charge in [-0.25, -0.2) is 8.42 Å². The molecule has 0 radical (unpaired) electrons. The molecule has 0 aliphatic rings. The molecule has 11 heteroatoms. The number of carbonyl (C=O) groups is 1. The lowest BCUT2D eigenvalue weighted by Gasteiger charge is -2.15. The number of hydrogen-bond acceptors (Lipinski definition) is 4. The maximum Gasteiger partial charge on any atom is 0.391 e. The summed E-state index contributed by atoms with van der Waals surface area (Å²) < 4.78 is 59.0. The quantitative estimate of drug-likeness (QED) is 0.821. The molecule has 6 nitrogen and oxygen atoms in total. The number of H-pyrrole nitrogens is 1. The highest BCUT2D eigenvalue weighted by atomic mass is 35.7. The van der Waals surface area contributed by atoms with E-state index in [0.29, 0.717) is 0 Å². The fraction of sp³-hybridized carbons (Fsp3) is 0.556. The summed E-state index contributed by atoms with van der Waals surface area (Å²) in [6.45, 7) is 2.46. The summed E-state index contributed by atoms with van der Waals surface area (Å²) in [5.41, 5.74) is -0.542. The maximum absolute atomic E-state index is 12.1. The van der Waals surface area contributed by atoms with Crippen molar-refractivity contribution in [3.05, 3.63) is 11.4 Å². The molecule has 0 fully saturated rings. The van der Waals surface area contributed by atoms with Crippen molar-refractivity contribution in [1.82, 2.24) is 15.5 Å². The lowest BCUT2D eigenvalue weighted by Crippen LogP contribution is -2.36. The Hall–Kier alpha value is -1.29. The molecule has 1 heterocycles. The number of aromatic amines is 1. The number of nitrogens with one attached hydrogen (secondary N) is 2. The summed E-state index contributed by atoms with van der Waals surface area (Å²) in [4.78, 5) is 11.2. The van der Waals surface area contributed by atoms with Crippen LogP contribution in [0.3, 0.4) is 0 Å². The first kappa shape index (κ1) is 16.8. The van der Waals surface area contributed by atoms with Crippen LogP contribution in [0.25, 0.3) is 0 Å². The molecule has 0 aliphatic carbocycles. The Kier molecular flexibility index (Phi) is 4.70. The molecule has 1 amide bonds. The van der Waals surface area contributed by atoms with E-state index in [0.717, 1.165) is 6.92 Å². The zero-order valence-corrected chi connectivity index (χ0v) is 11.9. The molecule has 1 rings (SSSR count). The van der Waals surface area contributed by atoms with E-state index in [9.17, 15) is 26.4 Å². The van der Waals surface area contributed by atoms with Crippen LogP contribution >= 0.6 is 10.7 Å². The van der Waals surface area contributed by atoms with Gasteiger partial charge in [-0.2, -0.15) is 18.3 Å². The number of rotatable bonds is 4. The molecular formula is C9H11ClF3N3O3S. The van der Waals surface area contributed by atoms with Crippen molar-refractivity contribution in [2.75, 3.05) is 0 Å². The lowest BCUT2D eigenvalue weighted by molar-refractivity contribution is -0.138. The van der Waals surface area contributed by atoms with Crippen LogP contribution in [0.5, 0.6) is 0 Å². The summed E-state index contributed by atoms with van der Waals surface area (Å²) in [5, 5.41) is 7.71. The van der Waals surface area contributed by atoms with E-state index in [2.05, 4.69) is 10.2 Å². The Labute approximate surface area is 117 Å². The molecule has 1 aromatic heterocycles. The summed E-state index contributed by atoms with van der Waals surface area (Å²) in [7, 11) is 0.908. The van der Waals surface area contributed by atoms with E-state index in [-0.39, 0.29) is 5.69 Å². The van der Waals surface area contributed by atoms with Crippen molar-refractivity contribution < 1.29 is 26.4 Å². The van der Waals surface area contributed by atoms with Crippen LogP contribution in [0, 0.1) is 6.92 Å². The van der Waals surface area contributed by atoms with E-state index in [1.165, 1.54) is 6.92 Å². The molecule has 114 valence electrons. The van der Waals surface area contributed by atoms with Gasteiger partial charge in [0.25, 0.3) is 15.0 Å². The number of aryl methyl sites for hydroxylation is 1. The predicted molar refractivity (Wildman–Crippen MR) is 64.0 cm³/mol. The van der Waals surface area contributed by atoms with Crippen LogP contribution in [0.4, 0.5) is 13.2 Å². The second-order valence-electron chi connectivity index (χ2n) is 4.16. The van der Waals surface area contributed by atoms with Crippen molar-refractivity contribution in [2.45, 2.75) is 37.4 Å². The van der Waals surface area contributed by atoms with Gasteiger partial charge in [0.1, 0.15) is 4.90 Å². The molecule has 0 saturated heterocycles. The molecule has 20 heavy (non-hydrogen) atoms. The minimum atomic E-state index is -4.45. The van der Waals surface area contributed by atoms with E-state index in [1.54, 1.807) is 0 Å². The van der Waals surface area contributed by atoms with Crippen molar-refractivity contribution in [3.8, 4) is 0 Å².